The van der Waals surface area contributed by atoms with Crippen molar-refractivity contribution in [1.29, 1.82) is 0 Å². The van der Waals surface area contributed by atoms with Crippen molar-refractivity contribution in [3.8, 4) is 0 Å². The van der Waals surface area contributed by atoms with Crippen molar-refractivity contribution < 1.29 is 0 Å². The molecule has 0 amide bonds. The third-order valence-corrected chi connectivity index (χ3v) is 18.5. The van der Waals surface area contributed by atoms with Crippen molar-refractivity contribution in [3.63, 3.8) is 0 Å². The van der Waals surface area contributed by atoms with Crippen molar-refractivity contribution in [3.05, 3.63) is 0 Å². The van der Waals surface area contributed by atoms with Crippen LogP contribution in [0.25, 0.3) is 0 Å². The van der Waals surface area contributed by atoms with Gasteiger partial charge in [0.2, 0.25) is 0 Å². The summed E-state index contributed by atoms with van der Waals surface area (Å²) in [4.78, 5) is 0. The Morgan fingerprint density at radius 1 is 0.167 bits per heavy atom. The van der Waals surface area contributed by atoms with Crippen LogP contribution in [0.4, 0.5) is 0 Å². The highest BCUT2D eigenvalue weighted by molar-refractivity contribution is 7.75. The number of rotatable bonds is 49. The zero-order valence-corrected chi connectivity index (χ0v) is 40.0. The van der Waals surface area contributed by atoms with Gasteiger partial charge in [-0.3, -0.25) is 0 Å². The van der Waals surface area contributed by atoms with Crippen molar-refractivity contribution in [2.75, 3.05) is 24.6 Å². The molecule has 0 aliphatic heterocycles. The highest BCUT2D eigenvalue weighted by Crippen LogP contribution is 2.60. The second kappa shape index (κ2) is 47.8. The van der Waals surface area contributed by atoms with Crippen LogP contribution in [0.15, 0.2) is 0 Å². The van der Waals surface area contributed by atoms with E-state index in [2.05, 4.69) is 27.7 Å². The van der Waals surface area contributed by atoms with Crippen LogP contribution in [0.3, 0.4) is 0 Å². The fourth-order valence-electron chi connectivity index (χ4n) is 9.27. The summed E-state index contributed by atoms with van der Waals surface area (Å²) in [5.74, 6) is 0. The van der Waals surface area contributed by atoms with Crippen molar-refractivity contribution in [2.24, 2.45) is 0 Å². The summed E-state index contributed by atoms with van der Waals surface area (Å²) in [7, 11) is -0.736. The van der Waals surface area contributed by atoms with Gasteiger partial charge in [-0.15, -0.1) is 0 Å². The SMILES string of the molecule is CCCCCCCCCCCCCCCCC[P+](CC)(CCCCCCCCCCCCCCCCC)CCCCCCCCCCCCCCCCC. The third kappa shape index (κ3) is 42.0. The lowest BCUT2D eigenvalue weighted by molar-refractivity contribution is 0.533. The molecule has 326 valence electrons. The third-order valence-electron chi connectivity index (χ3n) is 13.4. The van der Waals surface area contributed by atoms with E-state index < -0.39 is 7.26 Å². The Hall–Kier alpha value is 0.430. The molecule has 0 rings (SSSR count). The van der Waals surface area contributed by atoms with Crippen LogP contribution in [-0.4, -0.2) is 24.6 Å². The Balaban J connectivity index is 4.20. The molecule has 0 aromatic carbocycles. The molecule has 0 heterocycles. The van der Waals surface area contributed by atoms with Crippen molar-refractivity contribution in [1.82, 2.24) is 0 Å². The number of unbranched alkanes of at least 4 members (excludes halogenated alkanes) is 42. The van der Waals surface area contributed by atoms with E-state index in [0.717, 1.165) is 0 Å². The van der Waals surface area contributed by atoms with Gasteiger partial charge in [0, 0.05) is 7.26 Å². The van der Waals surface area contributed by atoms with Gasteiger partial charge in [-0.2, -0.15) is 0 Å². The van der Waals surface area contributed by atoms with Gasteiger partial charge in [-0.1, -0.05) is 271 Å². The highest BCUT2D eigenvalue weighted by atomic mass is 31.2. The fourth-order valence-corrected chi connectivity index (χ4v) is 13.6. The summed E-state index contributed by atoms with van der Waals surface area (Å²) in [6, 6.07) is 0. The van der Waals surface area contributed by atoms with Crippen LogP contribution in [-0.2, 0) is 0 Å². The normalized spacial score (nSPS) is 12.0. The predicted molar refractivity (Wildman–Crippen MR) is 257 cm³/mol. The van der Waals surface area contributed by atoms with Gasteiger partial charge in [-0.25, -0.2) is 0 Å². The van der Waals surface area contributed by atoms with E-state index in [4.69, 9.17) is 0 Å². The van der Waals surface area contributed by atoms with Gasteiger partial charge >= 0.3 is 0 Å². The lowest BCUT2D eigenvalue weighted by atomic mass is 10.0. The van der Waals surface area contributed by atoms with Crippen LogP contribution in [0.2, 0.25) is 0 Å². The molecule has 0 saturated heterocycles. The molecule has 0 N–H and O–H groups in total. The summed E-state index contributed by atoms with van der Waals surface area (Å²) in [6.07, 6.45) is 73.5. The Morgan fingerprint density at radius 3 is 0.426 bits per heavy atom. The smallest absolute Gasteiger partial charge is 0.0594 e. The predicted octanol–water partition coefficient (Wildman–Crippen LogP) is 20.6. The minimum Gasteiger partial charge on any atom is -0.0654 e. The zero-order chi connectivity index (χ0) is 39.1. The Labute approximate surface area is 347 Å². The van der Waals surface area contributed by atoms with E-state index in [-0.39, 0.29) is 0 Å². The van der Waals surface area contributed by atoms with E-state index in [0.29, 0.717) is 0 Å². The van der Waals surface area contributed by atoms with E-state index in [9.17, 15) is 0 Å². The van der Waals surface area contributed by atoms with Gasteiger partial charge in [0.25, 0.3) is 0 Å². The molecule has 0 saturated carbocycles. The second-order valence-electron chi connectivity index (χ2n) is 18.7. The summed E-state index contributed by atoms with van der Waals surface area (Å²) < 4.78 is 0. The molecule has 0 radical (unpaired) electrons. The maximum Gasteiger partial charge on any atom is 0.0594 e. The summed E-state index contributed by atoms with van der Waals surface area (Å²) in [5, 5.41) is 0. The molecule has 0 bridgehead atoms. The van der Waals surface area contributed by atoms with Gasteiger partial charge in [0.1, 0.15) is 0 Å². The molecule has 0 aliphatic carbocycles. The average Bonchev–Trinajstić information content (AvgIpc) is 3.19. The largest absolute Gasteiger partial charge is 0.0654 e. The van der Waals surface area contributed by atoms with E-state index in [1.807, 2.05) is 0 Å². The Kier molecular flexibility index (Phi) is 48.2. The Morgan fingerprint density at radius 2 is 0.296 bits per heavy atom. The number of hydrogen-bond donors (Lipinski definition) is 0. The monoisotopic (exact) mass is 778 g/mol. The molecule has 0 aromatic heterocycles. The van der Waals surface area contributed by atoms with Crippen LogP contribution in [0.1, 0.15) is 317 Å². The maximum atomic E-state index is 2.61. The standard InChI is InChI=1S/C53H110P/c1-5-9-12-15-18-21-24-27-30-33-36-39-42-45-48-51-54(8-4,52-49-46-43-40-37-34-31-28-25-22-19-16-13-10-6-2)53-50-47-44-41-38-35-32-29-26-23-20-17-14-11-7-3/h5-53H2,1-4H3/q+1. The topological polar surface area (TPSA) is 0 Å². The molecular weight excluding hydrogens is 668 g/mol. The van der Waals surface area contributed by atoms with E-state index in [1.165, 1.54) is 270 Å². The first-order chi connectivity index (χ1) is 26.7. The van der Waals surface area contributed by atoms with Gasteiger partial charge in [0.05, 0.1) is 24.6 Å². The zero-order valence-electron chi connectivity index (χ0n) is 39.1. The molecule has 0 nitrogen and oxygen atoms in total. The quantitative estimate of drug-likeness (QED) is 0.0426. The molecule has 0 spiro atoms. The van der Waals surface area contributed by atoms with Gasteiger partial charge in [0.15, 0.2) is 0 Å². The van der Waals surface area contributed by atoms with Gasteiger partial charge < -0.3 is 0 Å². The lowest BCUT2D eigenvalue weighted by Gasteiger charge is -2.27. The first-order valence-electron chi connectivity index (χ1n) is 26.6. The molecule has 0 aliphatic rings. The lowest BCUT2D eigenvalue weighted by Crippen LogP contribution is -2.11. The molecule has 0 atom stereocenters. The molecule has 0 aromatic rings. The fraction of sp³-hybridized carbons (Fsp3) is 1.00. The van der Waals surface area contributed by atoms with Crippen LogP contribution >= 0.6 is 7.26 Å². The highest BCUT2D eigenvalue weighted by Gasteiger charge is 2.33. The minimum absolute atomic E-state index is 0.736. The molecule has 0 fully saturated rings. The summed E-state index contributed by atoms with van der Waals surface area (Å²) in [5.41, 5.74) is 0. The van der Waals surface area contributed by atoms with Crippen molar-refractivity contribution >= 4 is 7.26 Å². The summed E-state index contributed by atoms with van der Waals surface area (Å²) >= 11 is 0. The van der Waals surface area contributed by atoms with Gasteiger partial charge in [-0.05, 0) is 45.4 Å². The van der Waals surface area contributed by atoms with E-state index in [1.54, 1.807) is 43.9 Å². The Bertz CT molecular complexity index is 558. The molecule has 0 unspecified atom stereocenters. The maximum absolute atomic E-state index is 2.61. The first-order valence-corrected chi connectivity index (χ1v) is 29.1. The molecule has 1 heteroatoms. The van der Waals surface area contributed by atoms with Crippen molar-refractivity contribution in [2.45, 2.75) is 317 Å². The van der Waals surface area contributed by atoms with E-state index >= 15 is 0 Å². The summed E-state index contributed by atoms with van der Waals surface area (Å²) in [6.45, 7) is 9.58. The second-order valence-corrected chi connectivity index (χ2v) is 23.3. The van der Waals surface area contributed by atoms with Crippen LogP contribution < -0.4 is 0 Å². The van der Waals surface area contributed by atoms with Crippen LogP contribution in [0.5, 0.6) is 0 Å². The average molecular weight is 778 g/mol. The van der Waals surface area contributed by atoms with Crippen LogP contribution in [0, 0.1) is 0 Å². The molecule has 54 heavy (non-hydrogen) atoms. The molecular formula is C53H110P+. The number of hydrogen-bond acceptors (Lipinski definition) is 0. The minimum atomic E-state index is -0.736. The first kappa shape index (κ1) is 54.4.